The van der Waals surface area contributed by atoms with Crippen LogP contribution in [0.2, 0.25) is 0 Å². The molecule has 1 aliphatic rings. The fraction of sp³-hybridized carbons (Fsp3) is 0.412. The van der Waals surface area contributed by atoms with Crippen LogP contribution >= 0.6 is 11.3 Å². The first kappa shape index (κ1) is 13.8. The molecule has 1 aromatic carbocycles. The number of thiophene rings is 1. The van der Waals surface area contributed by atoms with Crippen LogP contribution in [0.15, 0.2) is 24.3 Å². The van der Waals surface area contributed by atoms with Crippen molar-refractivity contribution in [3.63, 3.8) is 0 Å². The van der Waals surface area contributed by atoms with Crippen molar-refractivity contribution in [2.24, 2.45) is 0 Å². The minimum atomic E-state index is -0.707. The van der Waals surface area contributed by atoms with E-state index in [0.717, 1.165) is 23.3 Å². The molecule has 0 saturated heterocycles. The number of aryl methyl sites for hydroxylation is 3. The largest absolute Gasteiger partial charge is 0.383 e. The van der Waals surface area contributed by atoms with Crippen molar-refractivity contribution in [2.75, 3.05) is 0 Å². The van der Waals surface area contributed by atoms with Crippen molar-refractivity contribution >= 4 is 11.3 Å². The van der Waals surface area contributed by atoms with Crippen molar-refractivity contribution in [3.05, 3.63) is 56.5 Å². The maximum Gasteiger partial charge on any atom is 0.123 e. The molecule has 106 valence electrons. The quantitative estimate of drug-likeness (QED) is 0.805. The Labute approximate surface area is 123 Å². The van der Waals surface area contributed by atoms with E-state index in [9.17, 15) is 9.50 Å². The molecule has 3 heteroatoms. The average Bonchev–Trinajstić information content (AvgIpc) is 2.68. The maximum atomic E-state index is 13.5. The molecule has 0 saturated carbocycles. The zero-order chi connectivity index (χ0) is 14.1. The first-order valence-electron chi connectivity index (χ1n) is 7.20. The Balaban J connectivity index is 1.92. The summed E-state index contributed by atoms with van der Waals surface area (Å²) in [6.07, 6.45) is 5.29. The highest BCUT2D eigenvalue weighted by Crippen LogP contribution is 2.35. The third-order valence-electron chi connectivity index (χ3n) is 3.92. The number of aliphatic hydroxyl groups excluding tert-OH is 1. The first-order valence-corrected chi connectivity index (χ1v) is 8.02. The Morgan fingerprint density at radius 2 is 1.90 bits per heavy atom. The summed E-state index contributed by atoms with van der Waals surface area (Å²) in [5.41, 5.74) is 2.88. The number of rotatable bonds is 2. The Morgan fingerprint density at radius 3 is 2.70 bits per heavy atom. The zero-order valence-electron chi connectivity index (χ0n) is 11.7. The van der Waals surface area contributed by atoms with E-state index in [0.29, 0.717) is 5.56 Å². The van der Waals surface area contributed by atoms with Gasteiger partial charge in [-0.25, -0.2) is 4.39 Å². The van der Waals surface area contributed by atoms with E-state index in [1.165, 1.54) is 41.8 Å². The molecule has 1 atom stereocenters. The molecule has 0 amide bonds. The lowest BCUT2D eigenvalue weighted by atomic mass is 10.0. The first-order chi connectivity index (χ1) is 9.63. The van der Waals surface area contributed by atoms with Crippen molar-refractivity contribution in [3.8, 4) is 0 Å². The van der Waals surface area contributed by atoms with Crippen molar-refractivity contribution < 1.29 is 9.50 Å². The molecule has 1 heterocycles. The summed E-state index contributed by atoms with van der Waals surface area (Å²) in [6, 6.07) is 6.90. The van der Waals surface area contributed by atoms with E-state index in [-0.39, 0.29) is 5.82 Å². The summed E-state index contributed by atoms with van der Waals surface area (Å²) >= 11 is 1.69. The maximum absolute atomic E-state index is 13.5. The number of halogens is 1. The van der Waals surface area contributed by atoms with Crippen LogP contribution in [0.25, 0.3) is 0 Å². The van der Waals surface area contributed by atoms with Crippen LogP contribution in [0.5, 0.6) is 0 Å². The van der Waals surface area contributed by atoms with E-state index in [2.05, 4.69) is 6.07 Å². The van der Waals surface area contributed by atoms with Gasteiger partial charge >= 0.3 is 0 Å². The lowest BCUT2D eigenvalue weighted by Gasteiger charge is -2.10. The third-order valence-corrected chi connectivity index (χ3v) is 5.20. The van der Waals surface area contributed by atoms with E-state index in [4.69, 9.17) is 0 Å². The highest BCUT2D eigenvalue weighted by Gasteiger charge is 2.18. The van der Waals surface area contributed by atoms with Crippen molar-refractivity contribution in [1.29, 1.82) is 0 Å². The molecule has 2 aromatic rings. The van der Waals surface area contributed by atoms with Crippen LogP contribution < -0.4 is 0 Å². The molecule has 0 radical (unpaired) electrons. The average molecular weight is 290 g/mol. The monoisotopic (exact) mass is 290 g/mol. The molecule has 3 rings (SSSR count). The van der Waals surface area contributed by atoms with Crippen LogP contribution in [0, 0.1) is 12.7 Å². The van der Waals surface area contributed by atoms with Gasteiger partial charge in [-0.05, 0) is 67.5 Å². The molecule has 0 spiro atoms. The molecule has 20 heavy (non-hydrogen) atoms. The summed E-state index contributed by atoms with van der Waals surface area (Å²) in [4.78, 5) is 2.35. The predicted molar refractivity (Wildman–Crippen MR) is 80.8 cm³/mol. The van der Waals surface area contributed by atoms with E-state index >= 15 is 0 Å². The zero-order valence-corrected chi connectivity index (χ0v) is 12.5. The molecule has 1 aromatic heterocycles. The number of hydrogen-bond acceptors (Lipinski definition) is 2. The summed E-state index contributed by atoms with van der Waals surface area (Å²) in [6.45, 7) is 1.85. The third kappa shape index (κ3) is 2.79. The summed E-state index contributed by atoms with van der Waals surface area (Å²) in [7, 11) is 0. The van der Waals surface area contributed by atoms with Crippen LogP contribution in [0.3, 0.4) is 0 Å². The molecule has 0 fully saturated rings. The van der Waals surface area contributed by atoms with Crippen LogP contribution in [0.1, 0.15) is 51.8 Å². The van der Waals surface area contributed by atoms with Crippen molar-refractivity contribution in [1.82, 2.24) is 0 Å². The molecule has 1 aliphatic carbocycles. The van der Waals surface area contributed by atoms with Crippen LogP contribution in [-0.4, -0.2) is 5.11 Å². The minimum Gasteiger partial charge on any atom is -0.383 e. The molecule has 1 unspecified atom stereocenters. The smallest absolute Gasteiger partial charge is 0.123 e. The number of hydrogen-bond donors (Lipinski definition) is 1. The second kappa shape index (κ2) is 5.66. The standard InChI is InChI=1S/C17H19FOS/c1-11-7-13(9-14(18)8-11)17(19)16-10-12-5-3-2-4-6-15(12)20-16/h7-10,17,19H,2-6H2,1H3. The second-order valence-corrected chi connectivity index (χ2v) is 6.79. The second-order valence-electron chi connectivity index (χ2n) is 5.62. The number of aliphatic hydroxyl groups is 1. The Kier molecular flexibility index (Phi) is 3.90. The van der Waals surface area contributed by atoms with Crippen LogP contribution in [-0.2, 0) is 12.8 Å². The van der Waals surface area contributed by atoms with Gasteiger partial charge in [-0.15, -0.1) is 11.3 Å². The molecule has 1 nitrogen and oxygen atoms in total. The topological polar surface area (TPSA) is 20.2 Å². The molecular weight excluding hydrogens is 271 g/mol. The molecule has 1 N–H and O–H groups in total. The lowest BCUT2D eigenvalue weighted by molar-refractivity contribution is 0.223. The van der Waals surface area contributed by atoms with Crippen LogP contribution in [0.4, 0.5) is 4.39 Å². The van der Waals surface area contributed by atoms with Gasteiger partial charge in [-0.1, -0.05) is 12.5 Å². The summed E-state index contributed by atoms with van der Waals surface area (Å²) in [5.74, 6) is -0.280. The highest BCUT2D eigenvalue weighted by atomic mass is 32.1. The Hall–Kier alpha value is -1.19. The normalized spacial score (nSPS) is 16.6. The van der Waals surface area contributed by atoms with E-state index in [1.807, 2.05) is 13.0 Å². The van der Waals surface area contributed by atoms with Gasteiger partial charge in [0.25, 0.3) is 0 Å². The lowest BCUT2D eigenvalue weighted by Crippen LogP contribution is -1.98. The molecular formula is C17H19FOS. The number of benzene rings is 1. The molecule has 0 bridgehead atoms. The molecule has 0 aliphatic heterocycles. The fourth-order valence-corrected chi connectivity index (χ4v) is 4.18. The van der Waals surface area contributed by atoms with E-state index < -0.39 is 6.10 Å². The Bertz CT molecular complexity index is 574. The van der Waals surface area contributed by atoms with Gasteiger partial charge in [0.1, 0.15) is 11.9 Å². The summed E-state index contributed by atoms with van der Waals surface area (Å²) in [5, 5.41) is 10.5. The van der Waals surface area contributed by atoms with Gasteiger partial charge < -0.3 is 5.11 Å². The van der Waals surface area contributed by atoms with Gasteiger partial charge in [0, 0.05) is 9.75 Å². The van der Waals surface area contributed by atoms with Gasteiger partial charge in [0.05, 0.1) is 0 Å². The Morgan fingerprint density at radius 1 is 1.10 bits per heavy atom. The number of fused-ring (bicyclic) bond motifs is 1. The summed E-state index contributed by atoms with van der Waals surface area (Å²) < 4.78 is 13.5. The SMILES string of the molecule is Cc1cc(F)cc(C(O)c2cc3c(s2)CCCCC3)c1. The van der Waals surface area contributed by atoms with Gasteiger partial charge in [0.2, 0.25) is 0 Å². The highest BCUT2D eigenvalue weighted by molar-refractivity contribution is 7.12. The minimum absolute atomic E-state index is 0.280. The van der Waals surface area contributed by atoms with E-state index in [1.54, 1.807) is 11.3 Å². The fourth-order valence-electron chi connectivity index (χ4n) is 2.91. The van der Waals surface area contributed by atoms with Gasteiger partial charge in [-0.2, -0.15) is 0 Å². The predicted octanol–water partition coefficient (Wildman–Crippen LogP) is 4.55. The van der Waals surface area contributed by atoms with Gasteiger partial charge in [-0.3, -0.25) is 0 Å². The van der Waals surface area contributed by atoms with Gasteiger partial charge in [0.15, 0.2) is 0 Å². The van der Waals surface area contributed by atoms with Crippen molar-refractivity contribution in [2.45, 2.75) is 45.1 Å².